The predicted octanol–water partition coefficient (Wildman–Crippen LogP) is 3.61. The fourth-order valence-corrected chi connectivity index (χ4v) is 3.45. The summed E-state index contributed by atoms with van der Waals surface area (Å²) in [4.78, 5) is 37.5. The van der Waals surface area contributed by atoms with Crippen LogP contribution in [0, 0.1) is 0 Å². The van der Waals surface area contributed by atoms with E-state index in [-0.39, 0.29) is 23.5 Å². The van der Waals surface area contributed by atoms with Gasteiger partial charge in [0.25, 0.3) is 5.91 Å². The molecular weight excluding hydrogens is 376 g/mol. The average molecular weight is 413 g/mol. The second kappa shape index (κ2) is 8.78. The lowest BCUT2D eigenvalue weighted by Gasteiger charge is -2.37. The van der Waals surface area contributed by atoms with Gasteiger partial charge in [-0.3, -0.25) is 14.5 Å². The van der Waals surface area contributed by atoms with Crippen molar-refractivity contribution >= 4 is 26.2 Å². The maximum atomic E-state index is 12.4. The second-order valence-corrected chi connectivity index (χ2v) is 14.6. The van der Waals surface area contributed by atoms with Crippen molar-refractivity contribution in [3.8, 4) is 0 Å². The van der Waals surface area contributed by atoms with Crippen LogP contribution in [0.2, 0.25) is 18.1 Å². The third-order valence-corrected chi connectivity index (χ3v) is 9.54. The number of imide groups is 1. The van der Waals surface area contributed by atoms with E-state index < -0.39 is 26.1 Å². The molecule has 3 amide bonds. The fourth-order valence-electron chi connectivity index (χ4n) is 2.42. The summed E-state index contributed by atoms with van der Waals surface area (Å²) in [7, 11) is -2.04. The Balaban J connectivity index is 2.98. The smallest absolute Gasteiger partial charge is 0.408 e. The Morgan fingerprint density at radius 3 is 2.21 bits per heavy atom. The fraction of sp³-hybridized carbons (Fsp3) is 0.750. The summed E-state index contributed by atoms with van der Waals surface area (Å²) < 4.78 is 11.6. The van der Waals surface area contributed by atoms with E-state index in [1.54, 1.807) is 26.8 Å². The molecule has 0 bridgehead atoms. The van der Waals surface area contributed by atoms with Gasteiger partial charge in [0, 0.05) is 19.0 Å². The number of carbonyl (C=O) groups excluding carboxylic acids is 3. The van der Waals surface area contributed by atoms with Gasteiger partial charge in [-0.25, -0.2) is 4.79 Å². The highest BCUT2D eigenvalue weighted by Gasteiger charge is 2.38. The summed E-state index contributed by atoms with van der Waals surface area (Å²) in [6.07, 6.45) is 1.59. The number of nitrogens with one attached hydrogen (secondary N) is 1. The highest BCUT2D eigenvalue weighted by Crippen LogP contribution is 2.36. The topological polar surface area (TPSA) is 84.9 Å². The molecule has 28 heavy (non-hydrogen) atoms. The third-order valence-electron chi connectivity index (χ3n) is 5.04. The van der Waals surface area contributed by atoms with E-state index in [1.807, 2.05) is 0 Å². The maximum Gasteiger partial charge on any atom is 0.408 e. The molecule has 0 aromatic rings. The summed E-state index contributed by atoms with van der Waals surface area (Å²) in [6.45, 7) is 18.0. The first kappa shape index (κ1) is 24.4. The van der Waals surface area contributed by atoms with Crippen molar-refractivity contribution in [2.75, 3.05) is 13.2 Å². The zero-order valence-electron chi connectivity index (χ0n) is 18.8. The number of ether oxygens (including phenoxy) is 1. The lowest BCUT2D eigenvalue weighted by atomic mass is 10.1. The van der Waals surface area contributed by atoms with E-state index in [1.165, 1.54) is 11.8 Å². The first-order valence-electron chi connectivity index (χ1n) is 9.70. The molecule has 0 aromatic carbocycles. The largest absolute Gasteiger partial charge is 0.444 e. The quantitative estimate of drug-likeness (QED) is 0.551. The predicted molar refractivity (Wildman–Crippen MR) is 111 cm³/mol. The monoisotopic (exact) mass is 412 g/mol. The van der Waals surface area contributed by atoms with E-state index in [0.717, 1.165) is 0 Å². The van der Waals surface area contributed by atoms with Crippen LogP contribution in [0.15, 0.2) is 11.6 Å². The van der Waals surface area contributed by atoms with E-state index in [4.69, 9.17) is 9.16 Å². The minimum atomic E-state index is -2.04. The molecule has 8 heteroatoms. The molecule has 0 saturated carbocycles. The number of hydrogen-bond acceptors (Lipinski definition) is 5. The molecule has 1 atom stereocenters. The Morgan fingerprint density at radius 2 is 1.79 bits per heavy atom. The van der Waals surface area contributed by atoms with Crippen molar-refractivity contribution in [3.05, 3.63) is 11.6 Å². The molecule has 1 saturated heterocycles. The molecule has 0 spiro atoms. The van der Waals surface area contributed by atoms with Gasteiger partial charge in [0.1, 0.15) is 5.60 Å². The van der Waals surface area contributed by atoms with Crippen LogP contribution in [0.25, 0.3) is 0 Å². The molecule has 0 aliphatic carbocycles. The molecular formula is C20H36N2O5Si. The van der Waals surface area contributed by atoms with Crippen LogP contribution >= 0.6 is 0 Å². The van der Waals surface area contributed by atoms with Crippen molar-refractivity contribution in [2.45, 2.75) is 84.7 Å². The van der Waals surface area contributed by atoms with Gasteiger partial charge in [0.15, 0.2) is 8.32 Å². The zero-order chi connectivity index (χ0) is 21.9. The number of hydrogen-bond donors (Lipinski definition) is 1. The van der Waals surface area contributed by atoms with Crippen LogP contribution in [0.3, 0.4) is 0 Å². The summed E-state index contributed by atoms with van der Waals surface area (Å²) in [5.74, 6) is -0.585. The molecule has 1 N–H and O–H groups in total. The SMILES string of the molecule is CC(=O)N1CC/C(=C\[C@@H](CO[Si](C)(C)C(C)(C)C)NC(=O)OC(C)(C)C)C1=O. The molecule has 1 aliphatic rings. The van der Waals surface area contributed by atoms with Crippen LogP contribution in [-0.2, 0) is 18.8 Å². The molecule has 160 valence electrons. The van der Waals surface area contributed by atoms with E-state index in [2.05, 4.69) is 39.2 Å². The molecule has 1 fully saturated rings. The summed E-state index contributed by atoms with van der Waals surface area (Å²) in [5, 5.41) is 2.81. The number of nitrogens with zero attached hydrogens (tertiary/aromatic N) is 1. The summed E-state index contributed by atoms with van der Waals surface area (Å²) in [5.41, 5.74) is -0.119. The van der Waals surface area contributed by atoms with Crippen LogP contribution in [-0.4, -0.2) is 55.9 Å². The van der Waals surface area contributed by atoms with Crippen molar-refractivity contribution in [1.82, 2.24) is 10.2 Å². The van der Waals surface area contributed by atoms with Gasteiger partial charge in [0.05, 0.1) is 12.6 Å². The maximum absolute atomic E-state index is 12.4. The Hall–Kier alpha value is -1.67. The molecule has 1 heterocycles. The lowest BCUT2D eigenvalue weighted by Crippen LogP contribution is -2.46. The molecule has 0 aromatic heterocycles. The van der Waals surface area contributed by atoms with Crippen molar-refractivity contribution in [2.24, 2.45) is 0 Å². The van der Waals surface area contributed by atoms with Gasteiger partial charge >= 0.3 is 6.09 Å². The van der Waals surface area contributed by atoms with Gasteiger partial charge in [-0.05, 0) is 45.3 Å². The van der Waals surface area contributed by atoms with Crippen molar-refractivity contribution in [1.29, 1.82) is 0 Å². The minimum absolute atomic E-state index is 0.0191. The number of rotatable bonds is 5. The molecule has 1 rings (SSSR count). The average Bonchev–Trinajstić information content (AvgIpc) is 2.83. The molecule has 0 unspecified atom stereocenters. The van der Waals surface area contributed by atoms with Gasteiger partial charge < -0.3 is 14.5 Å². The van der Waals surface area contributed by atoms with Gasteiger partial charge in [-0.2, -0.15) is 0 Å². The first-order chi connectivity index (χ1) is 12.5. The number of carbonyl (C=O) groups is 3. The lowest BCUT2D eigenvalue weighted by molar-refractivity contribution is -0.138. The second-order valence-electron chi connectivity index (χ2n) is 9.74. The van der Waals surface area contributed by atoms with Crippen molar-refractivity contribution in [3.63, 3.8) is 0 Å². The van der Waals surface area contributed by atoms with Crippen LogP contribution in [0.1, 0.15) is 54.9 Å². The van der Waals surface area contributed by atoms with Gasteiger partial charge in [0.2, 0.25) is 5.91 Å². The Kier molecular flexibility index (Phi) is 7.64. The summed E-state index contributed by atoms with van der Waals surface area (Å²) >= 11 is 0. The Labute approximate surface area is 170 Å². The highest BCUT2D eigenvalue weighted by atomic mass is 28.4. The van der Waals surface area contributed by atoms with Crippen LogP contribution in [0.4, 0.5) is 4.79 Å². The number of amides is 3. The zero-order valence-corrected chi connectivity index (χ0v) is 19.8. The third kappa shape index (κ3) is 7.05. The highest BCUT2D eigenvalue weighted by molar-refractivity contribution is 6.74. The molecule has 1 aliphatic heterocycles. The van der Waals surface area contributed by atoms with E-state index in [9.17, 15) is 14.4 Å². The summed E-state index contributed by atoms with van der Waals surface area (Å²) in [6, 6.07) is -0.519. The van der Waals surface area contributed by atoms with Crippen molar-refractivity contribution < 1.29 is 23.5 Å². The van der Waals surface area contributed by atoms with Crippen LogP contribution < -0.4 is 5.32 Å². The van der Waals surface area contributed by atoms with Gasteiger partial charge in [-0.1, -0.05) is 26.8 Å². The van der Waals surface area contributed by atoms with E-state index in [0.29, 0.717) is 18.5 Å². The van der Waals surface area contributed by atoms with E-state index >= 15 is 0 Å². The first-order valence-corrected chi connectivity index (χ1v) is 12.6. The molecule has 0 radical (unpaired) electrons. The minimum Gasteiger partial charge on any atom is -0.444 e. The number of likely N-dealkylation sites (tertiary alicyclic amines) is 1. The van der Waals surface area contributed by atoms with Gasteiger partial charge in [-0.15, -0.1) is 0 Å². The van der Waals surface area contributed by atoms with Crippen LogP contribution in [0.5, 0.6) is 0 Å². The normalized spacial score (nSPS) is 18.4. The number of alkyl carbamates (subject to hydrolysis) is 1. The molecule has 7 nitrogen and oxygen atoms in total. The Morgan fingerprint density at radius 1 is 1.21 bits per heavy atom. The Bertz CT molecular complexity index is 644. The standard InChI is InChI=1S/C20H36N2O5Si/c1-14(23)22-11-10-15(17(22)24)12-16(21-18(25)27-19(2,3)4)13-26-28(8,9)20(5,6)7/h12,16H,10-11,13H2,1-9H3,(H,21,25)/b15-12+/t16-/m0/s1.